The third-order valence-corrected chi connectivity index (χ3v) is 3.97. The average molecular weight is 282 g/mol. The highest BCUT2D eigenvalue weighted by atomic mass is 32.2. The first-order valence-electron chi connectivity index (χ1n) is 5.58. The number of hydrogen-bond acceptors (Lipinski definition) is 5. The molecule has 0 aromatic carbocycles. The van der Waals surface area contributed by atoms with E-state index in [2.05, 4.69) is 0 Å². The third kappa shape index (κ3) is 4.50. The molecule has 1 heterocycles. The molecule has 1 aliphatic heterocycles. The van der Waals surface area contributed by atoms with Gasteiger partial charge in [0.25, 0.3) is 0 Å². The van der Waals surface area contributed by atoms with Crippen LogP contribution in [-0.2, 0) is 24.6 Å². The minimum absolute atomic E-state index is 0.0295. The van der Waals surface area contributed by atoms with Crippen LogP contribution < -0.4 is 4.89 Å². The van der Waals surface area contributed by atoms with Crippen molar-refractivity contribution in [3.8, 4) is 0 Å². The summed E-state index contributed by atoms with van der Waals surface area (Å²) in [6.45, 7) is 0.622. The van der Waals surface area contributed by atoms with Crippen LogP contribution in [0.15, 0.2) is 0 Å². The second kappa shape index (κ2) is 7.00. The molecule has 0 radical (unpaired) electrons. The van der Waals surface area contributed by atoms with Gasteiger partial charge in [-0.3, -0.25) is 9.63 Å². The normalized spacial score (nSPS) is 21.9. The van der Waals surface area contributed by atoms with E-state index in [4.69, 9.17) is 14.7 Å². The van der Waals surface area contributed by atoms with Crippen molar-refractivity contribution in [3.05, 3.63) is 0 Å². The van der Waals surface area contributed by atoms with Gasteiger partial charge in [0.1, 0.15) is 0 Å². The molecule has 0 aromatic heterocycles. The van der Waals surface area contributed by atoms with Crippen LogP contribution >= 0.6 is 0 Å². The summed E-state index contributed by atoms with van der Waals surface area (Å²) in [7, 11) is -2.32. The molecule has 0 aliphatic carbocycles. The van der Waals surface area contributed by atoms with Crippen LogP contribution in [0.5, 0.6) is 0 Å². The molecule has 1 aliphatic rings. The highest BCUT2D eigenvalue weighted by Crippen LogP contribution is 2.18. The topological polar surface area (TPSA) is 105 Å². The molecule has 0 amide bonds. The molecular formula is C9H18N2O6S. The Bertz CT molecular complexity index is 371. The summed E-state index contributed by atoms with van der Waals surface area (Å²) in [4.78, 5) is 17.5. The fourth-order valence-electron chi connectivity index (χ4n) is 1.66. The van der Waals surface area contributed by atoms with E-state index in [0.29, 0.717) is 19.4 Å². The van der Waals surface area contributed by atoms with Crippen LogP contribution in [0.2, 0.25) is 0 Å². The Balaban J connectivity index is 2.48. The van der Waals surface area contributed by atoms with Crippen LogP contribution in [-0.4, -0.2) is 57.2 Å². The predicted molar refractivity (Wildman–Crippen MR) is 61.8 cm³/mol. The molecular weight excluding hydrogens is 264 g/mol. The number of rotatable bonds is 7. The van der Waals surface area contributed by atoms with Gasteiger partial charge in [0.15, 0.2) is 0 Å². The minimum atomic E-state index is -3.79. The number of methoxy groups -OCH3 is 1. The minimum Gasteiger partial charge on any atom is -0.481 e. The van der Waals surface area contributed by atoms with Crippen LogP contribution in [0.3, 0.4) is 0 Å². The van der Waals surface area contributed by atoms with Crippen LogP contribution in [0.25, 0.3) is 0 Å². The quantitative estimate of drug-likeness (QED) is 0.467. The molecule has 1 fully saturated rings. The molecule has 1 atom stereocenters. The Labute approximate surface area is 106 Å². The maximum atomic E-state index is 11.8. The zero-order valence-electron chi connectivity index (χ0n) is 10.2. The number of ether oxygens (including phenoxy) is 1. The number of nitrogens with zero attached hydrogens (tertiary/aromatic N) is 1. The molecule has 0 spiro atoms. The van der Waals surface area contributed by atoms with E-state index in [0.717, 1.165) is 4.31 Å². The van der Waals surface area contributed by atoms with Crippen molar-refractivity contribution in [2.45, 2.75) is 12.8 Å². The van der Waals surface area contributed by atoms with Crippen molar-refractivity contribution in [3.63, 3.8) is 0 Å². The van der Waals surface area contributed by atoms with Crippen LogP contribution in [0.1, 0.15) is 12.8 Å². The highest BCUT2D eigenvalue weighted by Gasteiger charge is 2.32. The lowest BCUT2D eigenvalue weighted by Gasteiger charge is -2.29. The van der Waals surface area contributed by atoms with Gasteiger partial charge in [0.05, 0.1) is 19.1 Å². The van der Waals surface area contributed by atoms with E-state index in [1.54, 1.807) is 0 Å². The Kier molecular flexibility index (Phi) is 5.96. The maximum absolute atomic E-state index is 11.8. The number of carbonyl (C=O) groups is 1. The van der Waals surface area contributed by atoms with Gasteiger partial charge in [0.2, 0.25) is 0 Å². The maximum Gasteiger partial charge on any atom is 0.307 e. The first kappa shape index (κ1) is 15.3. The van der Waals surface area contributed by atoms with Crippen molar-refractivity contribution in [1.29, 1.82) is 0 Å². The van der Waals surface area contributed by atoms with E-state index in [1.807, 2.05) is 4.89 Å². The summed E-state index contributed by atoms with van der Waals surface area (Å²) in [5.74, 6) is -1.63. The molecule has 1 saturated heterocycles. The third-order valence-electron chi connectivity index (χ3n) is 2.63. The van der Waals surface area contributed by atoms with Crippen LogP contribution in [0.4, 0.5) is 0 Å². The van der Waals surface area contributed by atoms with E-state index in [1.165, 1.54) is 7.11 Å². The van der Waals surface area contributed by atoms with Gasteiger partial charge in [-0.05, 0) is 12.8 Å². The van der Waals surface area contributed by atoms with Gasteiger partial charge < -0.3 is 9.84 Å². The van der Waals surface area contributed by atoms with Gasteiger partial charge in [-0.15, -0.1) is 0 Å². The van der Waals surface area contributed by atoms with E-state index in [-0.39, 0.29) is 19.8 Å². The SMILES string of the molecule is COCCONS(=O)(=O)N1CCCC(C(=O)O)C1. The molecule has 9 heteroatoms. The lowest BCUT2D eigenvalue weighted by atomic mass is 10.0. The van der Waals surface area contributed by atoms with E-state index < -0.39 is 22.1 Å². The molecule has 106 valence electrons. The largest absolute Gasteiger partial charge is 0.481 e. The first-order chi connectivity index (χ1) is 8.47. The Morgan fingerprint density at radius 3 is 2.83 bits per heavy atom. The average Bonchev–Trinajstić information content (AvgIpc) is 2.35. The monoisotopic (exact) mass is 282 g/mol. The molecule has 1 unspecified atom stereocenters. The molecule has 2 N–H and O–H groups in total. The number of hydrogen-bond donors (Lipinski definition) is 2. The number of aliphatic carboxylic acids is 1. The molecule has 0 bridgehead atoms. The second-order valence-corrected chi connectivity index (χ2v) is 5.60. The Morgan fingerprint density at radius 2 is 2.22 bits per heavy atom. The van der Waals surface area contributed by atoms with Gasteiger partial charge >= 0.3 is 16.2 Å². The van der Waals surface area contributed by atoms with Crippen molar-refractivity contribution < 1.29 is 27.9 Å². The summed E-state index contributed by atoms with van der Waals surface area (Å²) in [5.41, 5.74) is 0. The molecule has 0 aromatic rings. The summed E-state index contributed by atoms with van der Waals surface area (Å²) in [6.07, 6.45) is 1.02. The van der Waals surface area contributed by atoms with Gasteiger partial charge in [0, 0.05) is 20.2 Å². The van der Waals surface area contributed by atoms with E-state index >= 15 is 0 Å². The smallest absolute Gasteiger partial charge is 0.307 e. The lowest BCUT2D eigenvalue weighted by molar-refractivity contribution is -0.142. The molecule has 18 heavy (non-hydrogen) atoms. The Morgan fingerprint density at radius 1 is 1.50 bits per heavy atom. The summed E-state index contributed by atoms with van der Waals surface area (Å²) < 4.78 is 29.3. The van der Waals surface area contributed by atoms with E-state index in [9.17, 15) is 13.2 Å². The number of carboxylic acid groups (broad SMARTS) is 1. The number of carboxylic acids is 1. The van der Waals surface area contributed by atoms with Crippen LogP contribution in [0, 0.1) is 5.92 Å². The fraction of sp³-hybridized carbons (Fsp3) is 0.889. The summed E-state index contributed by atoms with van der Waals surface area (Å²) in [6, 6.07) is 0. The predicted octanol–water partition coefficient (Wildman–Crippen LogP) is -0.805. The molecule has 8 nitrogen and oxygen atoms in total. The van der Waals surface area contributed by atoms with Crippen molar-refractivity contribution in [1.82, 2.24) is 9.19 Å². The lowest BCUT2D eigenvalue weighted by Crippen LogP contribution is -2.47. The fourth-order valence-corrected chi connectivity index (χ4v) is 2.74. The summed E-state index contributed by atoms with van der Waals surface area (Å²) >= 11 is 0. The van der Waals surface area contributed by atoms with Crippen molar-refractivity contribution in [2.75, 3.05) is 33.4 Å². The Hall–Kier alpha value is -0.740. The zero-order chi connectivity index (χ0) is 13.6. The van der Waals surface area contributed by atoms with Gasteiger partial charge in [-0.2, -0.15) is 12.7 Å². The standard InChI is InChI=1S/C9H18N2O6S/c1-16-5-6-17-10-18(14,15)11-4-2-3-8(7-11)9(12)13/h8,10H,2-7H2,1H3,(H,12,13). The number of piperidine rings is 1. The first-order valence-corrected chi connectivity index (χ1v) is 7.02. The zero-order valence-corrected chi connectivity index (χ0v) is 11.0. The molecule has 0 saturated carbocycles. The molecule has 1 rings (SSSR count). The highest BCUT2D eigenvalue weighted by molar-refractivity contribution is 7.87. The van der Waals surface area contributed by atoms with Crippen molar-refractivity contribution in [2.24, 2.45) is 5.92 Å². The van der Waals surface area contributed by atoms with Crippen molar-refractivity contribution >= 4 is 16.2 Å². The second-order valence-electron chi connectivity index (χ2n) is 3.97. The number of nitrogens with one attached hydrogen (secondary N) is 1. The van der Waals surface area contributed by atoms with Gasteiger partial charge in [-0.25, -0.2) is 0 Å². The van der Waals surface area contributed by atoms with Gasteiger partial charge in [-0.1, -0.05) is 4.89 Å². The summed E-state index contributed by atoms with van der Waals surface area (Å²) in [5, 5.41) is 8.88.